The molecule has 0 spiro atoms. The molecule has 1 rings (SSSR count). The SMILES string of the molecule is CCC(C)C(/C=C(\C)S)=C(/C=O)CCC(NC)c1ccc(C(C)(C)F)cc1. The molecule has 0 saturated carbocycles. The van der Waals surface area contributed by atoms with Gasteiger partial charge in [-0.3, -0.25) is 4.79 Å². The lowest BCUT2D eigenvalue weighted by molar-refractivity contribution is -0.105. The molecule has 150 valence electrons. The fourth-order valence-corrected chi connectivity index (χ4v) is 3.30. The minimum atomic E-state index is -1.34. The van der Waals surface area contributed by atoms with Crippen LogP contribution in [0.15, 0.2) is 46.4 Å². The Hall–Kier alpha value is -1.39. The second kappa shape index (κ2) is 10.8. The molecule has 27 heavy (non-hydrogen) atoms. The number of allylic oxidation sites excluding steroid dienone is 4. The molecule has 0 amide bonds. The molecule has 0 aliphatic carbocycles. The van der Waals surface area contributed by atoms with Crippen molar-refractivity contribution < 1.29 is 9.18 Å². The van der Waals surface area contributed by atoms with Gasteiger partial charge in [-0.05, 0) is 86.3 Å². The third-order valence-electron chi connectivity index (χ3n) is 5.07. The zero-order valence-corrected chi connectivity index (χ0v) is 18.4. The monoisotopic (exact) mass is 391 g/mol. The third-order valence-corrected chi connectivity index (χ3v) is 5.20. The number of aldehydes is 1. The quantitative estimate of drug-likeness (QED) is 0.212. The first-order valence-electron chi connectivity index (χ1n) is 9.66. The zero-order valence-electron chi connectivity index (χ0n) is 17.5. The van der Waals surface area contributed by atoms with Gasteiger partial charge in [-0.25, -0.2) is 4.39 Å². The minimum absolute atomic E-state index is 0.107. The molecular formula is C23H34FNOS. The van der Waals surface area contributed by atoms with Crippen molar-refractivity contribution in [3.63, 3.8) is 0 Å². The van der Waals surface area contributed by atoms with Gasteiger partial charge in [0.25, 0.3) is 0 Å². The Morgan fingerprint density at radius 2 is 1.89 bits per heavy atom. The van der Waals surface area contributed by atoms with E-state index in [-0.39, 0.29) is 6.04 Å². The second-order valence-electron chi connectivity index (χ2n) is 7.67. The van der Waals surface area contributed by atoms with E-state index in [0.29, 0.717) is 17.9 Å². The number of thiol groups is 1. The summed E-state index contributed by atoms with van der Waals surface area (Å²) in [6.07, 6.45) is 5.44. The number of halogens is 1. The van der Waals surface area contributed by atoms with Gasteiger partial charge in [-0.2, -0.15) is 0 Å². The van der Waals surface area contributed by atoms with E-state index in [1.54, 1.807) is 13.8 Å². The zero-order chi connectivity index (χ0) is 20.6. The van der Waals surface area contributed by atoms with Crippen LogP contribution >= 0.6 is 12.6 Å². The van der Waals surface area contributed by atoms with Crippen molar-refractivity contribution in [2.24, 2.45) is 5.92 Å². The normalized spacial score (nSPS) is 15.9. The van der Waals surface area contributed by atoms with E-state index in [2.05, 4.69) is 31.8 Å². The average Bonchev–Trinajstić information content (AvgIpc) is 2.62. The summed E-state index contributed by atoms with van der Waals surface area (Å²) in [5.74, 6) is 0.311. The number of benzene rings is 1. The number of carbonyl (C=O) groups is 1. The number of rotatable bonds is 10. The molecule has 1 aromatic carbocycles. The van der Waals surface area contributed by atoms with Gasteiger partial charge in [-0.15, -0.1) is 12.6 Å². The summed E-state index contributed by atoms with van der Waals surface area (Å²) >= 11 is 4.39. The van der Waals surface area contributed by atoms with Gasteiger partial charge in [0.15, 0.2) is 0 Å². The van der Waals surface area contributed by atoms with Crippen molar-refractivity contribution in [3.8, 4) is 0 Å². The lowest BCUT2D eigenvalue weighted by Gasteiger charge is -2.21. The van der Waals surface area contributed by atoms with Crippen molar-refractivity contribution in [2.45, 2.75) is 65.6 Å². The Bertz CT molecular complexity index is 667. The van der Waals surface area contributed by atoms with Gasteiger partial charge >= 0.3 is 0 Å². The maximum absolute atomic E-state index is 14.1. The smallest absolute Gasteiger partial charge is 0.146 e. The molecule has 0 aliphatic rings. The highest BCUT2D eigenvalue weighted by Gasteiger charge is 2.19. The lowest BCUT2D eigenvalue weighted by Crippen LogP contribution is -2.17. The molecule has 1 N–H and O–H groups in total. The van der Waals surface area contributed by atoms with Crippen molar-refractivity contribution in [3.05, 3.63) is 57.5 Å². The van der Waals surface area contributed by atoms with Crippen LogP contribution in [0.2, 0.25) is 0 Å². The topological polar surface area (TPSA) is 29.1 Å². The predicted octanol–water partition coefficient (Wildman–Crippen LogP) is 6.31. The molecule has 2 unspecified atom stereocenters. The van der Waals surface area contributed by atoms with E-state index in [9.17, 15) is 9.18 Å². The van der Waals surface area contributed by atoms with Gasteiger partial charge in [0.2, 0.25) is 0 Å². The molecule has 0 bridgehead atoms. The molecule has 0 fully saturated rings. The molecule has 2 nitrogen and oxygen atoms in total. The molecule has 2 atom stereocenters. The van der Waals surface area contributed by atoms with Crippen LogP contribution in [-0.4, -0.2) is 13.3 Å². The molecule has 0 aromatic heterocycles. The molecule has 1 aromatic rings. The average molecular weight is 392 g/mol. The van der Waals surface area contributed by atoms with Crippen LogP contribution in [-0.2, 0) is 10.5 Å². The van der Waals surface area contributed by atoms with Crippen LogP contribution in [0, 0.1) is 5.92 Å². The predicted molar refractivity (Wildman–Crippen MR) is 117 cm³/mol. The third kappa shape index (κ3) is 7.27. The van der Waals surface area contributed by atoms with Crippen molar-refractivity contribution in [1.29, 1.82) is 0 Å². The first-order chi connectivity index (χ1) is 12.6. The highest BCUT2D eigenvalue weighted by molar-refractivity contribution is 7.84. The Kier molecular flexibility index (Phi) is 9.48. The summed E-state index contributed by atoms with van der Waals surface area (Å²) in [5.41, 5.74) is 2.33. The lowest BCUT2D eigenvalue weighted by atomic mass is 9.89. The number of hydrogen-bond acceptors (Lipinski definition) is 3. The van der Waals surface area contributed by atoms with E-state index in [1.807, 2.05) is 44.3 Å². The van der Waals surface area contributed by atoms with Gasteiger partial charge < -0.3 is 5.32 Å². The van der Waals surface area contributed by atoms with Crippen LogP contribution < -0.4 is 5.32 Å². The second-order valence-corrected chi connectivity index (χ2v) is 8.37. The van der Waals surface area contributed by atoms with Crippen molar-refractivity contribution >= 4 is 18.9 Å². The molecule has 0 radical (unpaired) electrons. The summed E-state index contributed by atoms with van der Waals surface area (Å²) < 4.78 is 14.1. The van der Waals surface area contributed by atoms with Crippen LogP contribution in [0.3, 0.4) is 0 Å². The summed E-state index contributed by atoms with van der Waals surface area (Å²) in [5, 5.41) is 3.32. The molecule has 0 saturated heterocycles. The summed E-state index contributed by atoms with van der Waals surface area (Å²) in [7, 11) is 1.91. The van der Waals surface area contributed by atoms with Gasteiger partial charge in [0.1, 0.15) is 12.0 Å². The van der Waals surface area contributed by atoms with E-state index in [0.717, 1.165) is 40.7 Å². The molecule has 0 heterocycles. The summed E-state index contributed by atoms with van der Waals surface area (Å²) in [6.45, 7) is 9.31. The number of carbonyl (C=O) groups excluding carboxylic acids is 1. The number of nitrogens with one attached hydrogen (secondary N) is 1. The Morgan fingerprint density at radius 1 is 1.30 bits per heavy atom. The van der Waals surface area contributed by atoms with Crippen LogP contribution in [0.1, 0.15) is 71.0 Å². The highest BCUT2D eigenvalue weighted by atomic mass is 32.1. The summed E-state index contributed by atoms with van der Waals surface area (Å²) in [6, 6.07) is 7.72. The molecular weight excluding hydrogens is 357 g/mol. The van der Waals surface area contributed by atoms with E-state index < -0.39 is 5.67 Å². The van der Waals surface area contributed by atoms with Gasteiger partial charge in [0.05, 0.1) is 0 Å². The maximum Gasteiger partial charge on any atom is 0.146 e. The molecule has 0 aliphatic heterocycles. The highest BCUT2D eigenvalue weighted by Crippen LogP contribution is 2.29. The maximum atomic E-state index is 14.1. The number of hydrogen-bond donors (Lipinski definition) is 2. The summed E-state index contributed by atoms with van der Waals surface area (Å²) in [4.78, 5) is 12.7. The van der Waals surface area contributed by atoms with E-state index >= 15 is 0 Å². The van der Waals surface area contributed by atoms with Crippen molar-refractivity contribution in [2.75, 3.05) is 7.05 Å². The van der Waals surface area contributed by atoms with Gasteiger partial charge in [0, 0.05) is 6.04 Å². The van der Waals surface area contributed by atoms with Gasteiger partial charge in [-0.1, -0.05) is 38.1 Å². The Balaban J connectivity index is 3.03. The van der Waals surface area contributed by atoms with Crippen LogP contribution in [0.5, 0.6) is 0 Å². The fraction of sp³-hybridized carbons (Fsp3) is 0.522. The number of alkyl halides is 1. The fourth-order valence-electron chi connectivity index (χ4n) is 3.16. The standard InChI is InChI=1S/C23H34FNOS/c1-7-16(2)21(14-17(3)27)19(15-26)10-13-22(25-6)18-8-11-20(12-9-18)23(4,5)24/h8-9,11-12,14-16,22,25,27H,7,10,13H2,1-6H3/b17-14+,21-19+. The minimum Gasteiger partial charge on any atom is -0.313 e. The Labute approximate surface area is 169 Å². The Morgan fingerprint density at radius 3 is 2.30 bits per heavy atom. The first-order valence-corrected chi connectivity index (χ1v) is 10.1. The van der Waals surface area contributed by atoms with Crippen LogP contribution in [0.25, 0.3) is 0 Å². The largest absolute Gasteiger partial charge is 0.313 e. The molecule has 4 heteroatoms. The van der Waals surface area contributed by atoms with E-state index in [4.69, 9.17) is 0 Å². The van der Waals surface area contributed by atoms with Crippen molar-refractivity contribution in [1.82, 2.24) is 5.32 Å². The first kappa shape index (κ1) is 23.6. The van der Waals surface area contributed by atoms with Crippen LogP contribution in [0.4, 0.5) is 4.39 Å². The van der Waals surface area contributed by atoms with E-state index in [1.165, 1.54) is 0 Å².